The highest BCUT2D eigenvalue weighted by atomic mass is 35.5. The van der Waals surface area contributed by atoms with E-state index in [1.165, 1.54) is 18.3 Å². The first-order chi connectivity index (χ1) is 13.7. The van der Waals surface area contributed by atoms with Crippen molar-refractivity contribution in [2.45, 2.75) is 13.1 Å². The molecule has 0 atom stereocenters. The van der Waals surface area contributed by atoms with Gasteiger partial charge in [-0.15, -0.1) is 0 Å². The molecule has 2 aromatic carbocycles. The Kier molecular flexibility index (Phi) is 6.24. The first-order valence-corrected chi connectivity index (χ1v) is 9.15. The van der Waals surface area contributed by atoms with Gasteiger partial charge in [-0.3, -0.25) is 5.43 Å². The lowest BCUT2D eigenvalue weighted by molar-refractivity contribution is -0.137. The number of thiocarbonyl (C=S) groups is 1. The van der Waals surface area contributed by atoms with E-state index in [0.717, 1.165) is 23.4 Å². The van der Waals surface area contributed by atoms with Crippen molar-refractivity contribution in [3.63, 3.8) is 0 Å². The number of furan rings is 1. The van der Waals surface area contributed by atoms with E-state index >= 15 is 0 Å². The lowest BCUT2D eigenvalue weighted by atomic mass is 10.1. The normalized spacial score (nSPS) is 11.6. The first-order valence-electron chi connectivity index (χ1n) is 8.36. The third-order valence-electron chi connectivity index (χ3n) is 3.85. The molecule has 0 bridgehead atoms. The van der Waals surface area contributed by atoms with Crippen LogP contribution >= 0.6 is 23.8 Å². The second-order valence-corrected chi connectivity index (χ2v) is 6.90. The Morgan fingerprint density at radius 2 is 1.83 bits per heavy atom. The predicted octanol–water partition coefficient (Wildman–Crippen LogP) is 6.25. The number of benzene rings is 2. The number of rotatable bonds is 4. The predicted molar refractivity (Wildman–Crippen MR) is 112 cm³/mol. The third-order valence-corrected chi connectivity index (χ3v) is 4.38. The highest BCUT2D eigenvalue weighted by molar-refractivity contribution is 7.80. The summed E-state index contributed by atoms with van der Waals surface area (Å²) >= 11 is 11.2. The van der Waals surface area contributed by atoms with E-state index in [2.05, 4.69) is 15.8 Å². The lowest BCUT2D eigenvalue weighted by Crippen LogP contribution is -2.23. The summed E-state index contributed by atoms with van der Waals surface area (Å²) in [5.74, 6) is 0.516. The summed E-state index contributed by atoms with van der Waals surface area (Å²) in [6, 6.07) is 13.8. The van der Waals surface area contributed by atoms with E-state index in [1.807, 2.05) is 31.2 Å². The van der Waals surface area contributed by atoms with Gasteiger partial charge in [0.15, 0.2) is 5.11 Å². The standard InChI is InChI=1S/C20H15ClF3N3OS/c1-12-2-5-14(6-3-12)26-19(29)27-25-11-15-7-9-18(28-15)16-10-13(20(22,23)24)4-8-17(16)21/h2-11H,1H3,(H2,26,27,29)/b25-11+. The van der Waals surface area contributed by atoms with Gasteiger partial charge < -0.3 is 9.73 Å². The molecule has 3 rings (SSSR count). The molecule has 0 aliphatic carbocycles. The second kappa shape index (κ2) is 8.67. The van der Waals surface area contributed by atoms with Gasteiger partial charge in [-0.25, -0.2) is 0 Å². The van der Waals surface area contributed by atoms with E-state index in [-0.39, 0.29) is 21.5 Å². The van der Waals surface area contributed by atoms with E-state index in [9.17, 15) is 13.2 Å². The highest BCUT2D eigenvalue weighted by Gasteiger charge is 2.31. The van der Waals surface area contributed by atoms with Crippen LogP contribution in [-0.4, -0.2) is 11.3 Å². The molecule has 0 aliphatic heterocycles. The van der Waals surface area contributed by atoms with Gasteiger partial charge in [-0.1, -0.05) is 29.3 Å². The van der Waals surface area contributed by atoms with Crippen LogP contribution in [0.4, 0.5) is 18.9 Å². The second-order valence-electron chi connectivity index (χ2n) is 6.08. The van der Waals surface area contributed by atoms with Gasteiger partial charge in [0.05, 0.1) is 16.8 Å². The summed E-state index contributed by atoms with van der Waals surface area (Å²) in [5, 5.41) is 7.35. The number of nitrogens with one attached hydrogen (secondary N) is 2. The van der Waals surface area contributed by atoms with E-state index in [1.54, 1.807) is 6.07 Å². The Morgan fingerprint density at radius 3 is 2.52 bits per heavy atom. The zero-order valence-electron chi connectivity index (χ0n) is 15.0. The van der Waals surface area contributed by atoms with Crippen LogP contribution in [0.2, 0.25) is 5.02 Å². The average Bonchev–Trinajstić information content (AvgIpc) is 3.11. The topological polar surface area (TPSA) is 49.6 Å². The number of nitrogens with zero attached hydrogens (tertiary/aromatic N) is 1. The molecule has 0 aliphatic rings. The van der Waals surface area contributed by atoms with E-state index in [4.69, 9.17) is 28.2 Å². The fourth-order valence-corrected chi connectivity index (χ4v) is 2.79. The fourth-order valence-electron chi connectivity index (χ4n) is 2.41. The molecular formula is C20H15ClF3N3OS. The molecule has 3 aromatic rings. The number of anilines is 1. The maximum Gasteiger partial charge on any atom is 0.416 e. The molecule has 4 nitrogen and oxygen atoms in total. The van der Waals surface area contributed by atoms with Gasteiger partial charge in [0.1, 0.15) is 11.5 Å². The maximum absolute atomic E-state index is 12.9. The molecule has 0 saturated carbocycles. The molecule has 0 unspecified atom stereocenters. The van der Waals surface area contributed by atoms with Crippen molar-refractivity contribution in [3.8, 4) is 11.3 Å². The summed E-state index contributed by atoms with van der Waals surface area (Å²) in [6.07, 6.45) is -3.12. The number of hydrogen-bond acceptors (Lipinski definition) is 3. The molecule has 9 heteroatoms. The van der Waals surface area contributed by atoms with Crippen LogP contribution in [0.1, 0.15) is 16.9 Å². The van der Waals surface area contributed by atoms with Gasteiger partial charge in [-0.2, -0.15) is 18.3 Å². The molecule has 0 radical (unpaired) electrons. The Balaban J connectivity index is 1.66. The number of hydrogen-bond donors (Lipinski definition) is 2. The first kappa shape index (κ1) is 20.9. The van der Waals surface area contributed by atoms with Crippen LogP contribution in [0.3, 0.4) is 0 Å². The zero-order valence-corrected chi connectivity index (χ0v) is 16.6. The molecule has 0 amide bonds. The van der Waals surface area contributed by atoms with Gasteiger partial charge in [-0.05, 0) is 61.6 Å². The molecule has 0 spiro atoms. The van der Waals surface area contributed by atoms with Crippen molar-refractivity contribution in [1.29, 1.82) is 0 Å². The van der Waals surface area contributed by atoms with Crippen molar-refractivity contribution < 1.29 is 17.6 Å². The number of halogens is 4. The lowest BCUT2D eigenvalue weighted by Gasteiger charge is -2.09. The summed E-state index contributed by atoms with van der Waals surface area (Å²) < 4.78 is 44.3. The zero-order chi connectivity index (χ0) is 21.0. The molecule has 0 fully saturated rings. The quantitative estimate of drug-likeness (QED) is 0.288. The minimum atomic E-state index is -4.47. The summed E-state index contributed by atoms with van der Waals surface area (Å²) in [6.45, 7) is 1.98. The monoisotopic (exact) mass is 437 g/mol. The van der Waals surface area contributed by atoms with Crippen molar-refractivity contribution in [1.82, 2.24) is 5.43 Å². The molecule has 1 heterocycles. The van der Waals surface area contributed by atoms with Crippen LogP contribution in [0.15, 0.2) is 64.1 Å². The third kappa shape index (κ3) is 5.58. The Bertz CT molecular complexity index is 1050. The number of aryl methyl sites for hydroxylation is 1. The molecule has 1 aromatic heterocycles. The van der Waals surface area contributed by atoms with Crippen LogP contribution in [0, 0.1) is 6.92 Å². The van der Waals surface area contributed by atoms with Crippen molar-refractivity contribution in [3.05, 3.63) is 76.5 Å². The molecular weight excluding hydrogens is 423 g/mol. The van der Waals surface area contributed by atoms with Crippen molar-refractivity contribution in [2.75, 3.05) is 5.32 Å². The van der Waals surface area contributed by atoms with Gasteiger partial charge in [0.25, 0.3) is 0 Å². The van der Waals surface area contributed by atoms with Crippen LogP contribution in [0.25, 0.3) is 11.3 Å². The largest absolute Gasteiger partial charge is 0.455 e. The van der Waals surface area contributed by atoms with Crippen LogP contribution in [-0.2, 0) is 6.18 Å². The number of hydrazone groups is 1. The van der Waals surface area contributed by atoms with E-state index < -0.39 is 11.7 Å². The maximum atomic E-state index is 12.9. The molecule has 2 N–H and O–H groups in total. The smallest absolute Gasteiger partial charge is 0.416 e. The summed E-state index contributed by atoms with van der Waals surface area (Å²) in [5.41, 5.74) is 3.91. The summed E-state index contributed by atoms with van der Waals surface area (Å²) in [7, 11) is 0. The highest BCUT2D eigenvalue weighted by Crippen LogP contribution is 2.36. The number of alkyl halides is 3. The van der Waals surface area contributed by atoms with Crippen LogP contribution < -0.4 is 10.7 Å². The molecule has 29 heavy (non-hydrogen) atoms. The minimum Gasteiger partial charge on any atom is -0.455 e. The Labute approximate surface area is 175 Å². The average molecular weight is 438 g/mol. The van der Waals surface area contributed by atoms with Crippen molar-refractivity contribution in [2.24, 2.45) is 5.10 Å². The van der Waals surface area contributed by atoms with Crippen LogP contribution in [0.5, 0.6) is 0 Å². The molecule has 0 saturated heterocycles. The molecule has 150 valence electrons. The summed E-state index contributed by atoms with van der Waals surface area (Å²) in [4.78, 5) is 0. The fraction of sp³-hybridized carbons (Fsp3) is 0.100. The Morgan fingerprint density at radius 1 is 1.10 bits per heavy atom. The van der Waals surface area contributed by atoms with Gasteiger partial charge in [0.2, 0.25) is 0 Å². The van der Waals surface area contributed by atoms with E-state index in [0.29, 0.717) is 5.76 Å². The van der Waals surface area contributed by atoms with Gasteiger partial charge >= 0.3 is 6.18 Å². The SMILES string of the molecule is Cc1ccc(NC(=S)N/N=C/c2ccc(-c3cc(C(F)(F)F)ccc3Cl)o2)cc1. The minimum absolute atomic E-state index is 0.144. The van der Waals surface area contributed by atoms with Gasteiger partial charge in [0, 0.05) is 11.3 Å². The van der Waals surface area contributed by atoms with Crippen molar-refractivity contribution >= 4 is 40.8 Å². The Hall–Kier alpha value is -2.84.